The Morgan fingerprint density at radius 1 is 1.22 bits per heavy atom. The van der Waals surface area contributed by atoms with Gasteiger partial charge in [-0.2, -0.15) is 0 Å². The van der Waals surface area contributed by atoms with Crippen molar-refractivity contribution < 1.29 is 22.7 Å². The highest BCUT2D eigenvalue weighted by Gasteiger charge is 2.22. The molecular weight excluding hydrogens is 478 g/mol. The molecule has 0 unspecified atom stereocenters. The molecule has 12 heteroatoms. The second-order valence-electron chi connectivity index (χ2n) is 7.03. The zero-order valence-electron chi connectivity index (χ0n) is 17.0. The Bertz CT molecular complexity index is 1330. The molecule has 4 rings (SSSR count). The van der Waals surface area contributed by atoms with Crippen molar-refractivity contribution in [2.24, 2.45) is 0 Å². The number of nitrogens with zero attached hydrogens (tertiary/aromatic N) is 2. The van der Waals surface area contributed by atoms with Gasteiger partial charge in [-0.25, -0.2) is 8.42 Å². The molecule has 1 amide bonds. The second kappa shape index (κ2) is 9.10. The van der Waals surface area contributed by atoms with Gasteiger partial charge in [-0.05, 0) is 36.4 Å². The maximum Gasteiger partial charge on any atom is 0.308 e. The van der Waals surface area contributed by atoms with Crippen molar-refractivity contribution >= 4 is 54.8 Å². The summed E-state index contributed by atoms with van der Waals surface area (Å²) in [6.07, 6.45) is 0. The number of nitrogens with one attached hydrogen (secondary N) is 1. The van der Waals surface area contributed by atoms with E-state index < -0.39 is 10.0 Å². The number of thiazole rings is 1. The van der Waals surface area contributed by atoms with Crippen LogP contribution in [0.2, 0.25) is 5.02 Å². The average molecular weight is 498 g/mol. The quantitative estimate of drug-likeness (QED) is 0.560. The van der Waals surface area contributed by atoms with Gasteiger partial charge in [0.15, 0.2) is 0 Å². The summed E-state index contributed by atoms with van der Waals surface area (Å²) >= 11 is 6.87. The second-order valence-corrected chi connectivity index (χ2v) is 10.1. The van der Waals surface area contributed by atoms with Gasteiger partial charge in [0.1, 0.15) is 12.3 Å². The highest BCUT2D eigenvalue weighted by molar-refractivity contribution is 7.92. The van der Waals surface area contributed by atoms with Gasteiger partial charge >= 0.3 is 4.87 Å². The minimum absolute atomic E-state index is 0.0278. The normalized spacial score (nSPS) is 14.5. The monoisotopic (exact) mass is 497 g/mol. The number of rotatable bonds is 6. The Kier molecular flexibility index (Phi) is 6.42. The smallest absolute Gasteiger partial charge is 0.308 e. The fourth-order valence-electron chi connectivity index (χ4n) is 3.38. The average Bonchev–Trinajstić information content (AvgIpc) is 3.08. The van der Waals surface area contributed by atoms with Gasteiger partial charge in [-0.1, -0.05) is 22.9 Å². The molecule has 1 aliphatic heterocycles. The van der Waals surface area contributed by atoms with Crippen LogP contribution in [-0.2, 0) is 26.1 Å². The van der Waals surface area contributed by atoms with Crippen molar-refractivity contribution in [3.05, 3.63) is 51.1 Å². The van der Waals surface area contributed by atoms with Crippen LogP contribution in [0.25, 0.3) is 10.2 Å². The molecule has 170 valence electrons. The summed E-state index contributed by atoms with van der Waals surface area (Å²) < 4.78 is 40.6. The molecule has 2 aromatic carbocycles. The number of methoxy groups -OCH3 is 1. The predicted octanol–water partition coefficient (Wildman–Crippen LogP) is 2.38. The lowest BCUT2D eigenvalue weighted by molar-refractivity contribution is -0.135. The molecule has 32 heavy (non-hydrogen) atoms. The number of benzene rings is 2. The lowest BCUT2D eigenvalue weighted by atomic mass is 10.3. The number of carbonyl (C=O) groups excluding carboxylic acids is 1. The van der Waals surface area contributed by atoms with Crippen LogP contribution in [0.1, 0.15) is 0 Å². The molecule has 9 nitrogen and oxygen atoms in total. The van der Waals surface area contributed by atoms with Crippen molar-refractivity contribution in [3.8, 4) is 5.75 Å². The Hall–Kier alpha value is -2.60. The van der Waals surface area contributed by atoms with E-state index in [-0.39, 0.29) is 27.9 Å². The lowest BCUT2D eigenvalue weighted by Gasteiger charge is -2.26. The van der Waals surface area contributed by atoms with Gasteiger partial charge in [0, 0.05) is 18.1 Å². The molecule has 1 fully saturated rings. The summed E-state index contributed by atoms with van der Waals surface area (Å²) in [6, 6.07) is 8.93. The van der Waals surface area contributed by atoms with E-state index in [0.29, 0.717) is 47.3 Å². The number of halogens is 1. The SMILES string of the molecule is COc1ccc(Cl)cc1NS(=O)(=O)c1ccc2c(c1)sc(=O)n2CC(=O)N1CCOCC1. The number of morpholine rings is 1. The molecule has 0 saturated carbocycles. The van der Waals surface area contributed by atoms with Gasteiger partial charge in [0.05, 0.1) is 41.1 Å². The van der Waals surface area contributed by atoms with Crippen molar-refractivity contribution in [2.75, 3.05) is 38.1 Å². The maximum atomic E-state index is 12.9. The number of sulfonamides is 1. The Morgan fingerprint density at radius 3 is 2.69 bits per heavy atom. The zero-order valence-corrected chi connectivity index (χ0v) is 19.4. The molecule has 1 N–H and O–H groups in total. The van der Waals surface area contributed by atoms with Crippen LogP contribution >= 0.6 is 22.9 Å². The summed E-state index contributed by atoms with van der Waals surface area (Å²) in [7, 11) is -2.56. The number of hydrogen-bond donors (Lipinski definition) is 1. The van der Waals surface area contributed by atoms with Gasteiger partial charge in [-0.15, -0.1) is 0 Å². The van der Waals surface area contributed by atoms with Crippen LogP contribution in [0.15, 0.2) is 46.1 Å². The first kappa shape index (κ1) is 22.6. The van der Waals surface area contributed by atoms with E-state index in [1.54, 1.807) is 17.0 Å². The number of carbonyl (C=O) groups is 1. The van der Waals surface area contributed by atoms with E-state index in [1.165, 1.54) is 35.9 Å². The number of hydrogen-bond acceptors (Lipinski definition) is 7. The summed E-state index contributed by atoms with van der Waals surface area (Å²) in [6.45, 7) is 1.80. The van der Waals surface area contributed by atoms with E-state index in [0.717, 1.165) is 11.3 Å². The number of anilines is 1. The topological polar surface area (TPSA) is 107 Å². The first-order valence-corrected chi connectivity index (χ1v) is 12.3. The van der Waals surface area contributed by atoms with Gasteiger partial charge in [0.25, 0.3) is 10.0 Å². The van der Waals surface area contributed by atoms with Crippen LogP contribution in [0.3, 0.4) is 0 Å². The summed E-state index contributed by atoms with van der Waals surface area (Å²) in [4.78, 5) is 26.4. The number of aromatic nitrogens is 1. The molecule has 2 heterocycles. The molecule has 3 aromatic rings. The third kappa shape index (κ3) is 4.60. The van der Waals surface area contributed by atoms with Crippen molar-refractivity contribution in [2.45, 2.75) is 11.4 Å². The molecule has 1 aliphatic rings. The molecule has 1 saturated heterocycles. The van der Waals surface area contributed by atoms with E-state index in [4.69, 9.17) is 21.1 Å². The summed E-state index contributed by atoms with van der Waals surface area (Å²) in [5.41, 5.74) is 0.697. The maximum absolute atomic E-state index is 12.9. The van der Waals surface area contributed by atoms with Crippen LogP contribution in [-0.4, -0.2) is 57.2 Å². The Labute approximate surface area is 193 Å². The first-order valence-electron chi connectivity index (χ1n) is 9.64. The van der Waals surface area contributed by atoms with E-state index in [9.17, 15) is 18.0 Å². The molecule has 0 radical (unpaired) electrons. The molecule has 0 bridgehead atoms. The minimum Gasteiger partial charge on any atom is -0.495 e. The fraction of sp³-hybridized carbons (Fsp3) is 0.300. The van der Waals surface area contributed by atoms with Crippen molar-refractivity contribution in [1.29, 1.82) is 0 Å². The summed E-state index contributed by atoms with van der Waals surface area (Å²) in [5.74, 6) is 0.137. The number of amides is 1. The Morgan fingerprint density at radius 2 is 1.97 bits per heavy atom. The standard InChI is InChI=1S/C20H20ClN3O6S2/c1-29-17-5-2-13(21)10-15(17)22-32(27,28)14-3-4-16-18(11-14)31-20(26)24(16)12-19(25)23-6-8-30-9-7-23/h2-5,10-11,22H,6-9,12H2,1H3. The van der Waals surface area contributed by atoms with Crippen LogP contribution in [0.5, 0.6) is 5.75 Å². The van der Waals surface area contributed by atoms with Gasteiger partial charge in [-0.3, -0.25) is 18.9 Å². The highest BCUT2D eigenvalue weighted by Crippen LogP contribution is 2.30. The largest absolute Gasteiger partial charge is 0.495 e. The predicted molar refractivity (Wildman–Crippen MR) is 122 cm³/mol. The van der Waals surface area contributed by atoms with Crippen LogP contribution in [0, 0.1) is 0 Å². The lowest BCUT2D eigenvalue weighted by Crippen LogP contribution is -2.43. The third-order valence-corrected chi connectivity index (χ3v) is 7.55. The minimum atomic E-state index is -3.98. The number of fused-ring (bicyclic) bond motifs is 1. The third-order valence-electron chi connectivity index (χ3n) is 5.01. The number of ether oxygens (including phenoxy) is 2. The van der Waals surface area contributed by atoms with E-state index >= 15 is 0 Å². The van der Waals surface area contributed by atoms with Crippen molar-refractivity contribution in [1.82, 2.24) is 9.47 Å². The molecule has 0 atom stereocenters. The zero-order chi connectivity index (χ0) is 22.9. The molecule has 0 spiro atoms. The van der Waals surface area contributed by atoms with E-state index in [2.05, 4.69) is 4.72 Å². The highest BCUT2D eigenvalue weighted by atomic mass is 35.5. The Balaban J connectivity index is 1.62. The van der Waals surface area contributed by atoms with Crippen LogP contribution in [0.4, 0.5) is 5.69 Å². The fourth-order valence-corrected chi connectivity index (χ4v) is 5.64. The molecule has 1 aromatic heterocycles. The van der Waals surface area contributed by atoms with E-state index in [1.807, 2.05) is 0 Å². The molecule has 0 aliphatic carbocycles. The summed E-state index contributed by atoms with van der Waals surface area (Å²) in [5, 5.41) is 0.346. The van der Waals surface area contributed by atoms with Gasteiger partial charge in [0.2, 0.25) is 5.91 Å². The van der Waals surface area contributed by atoms with Crippen LogP contribution < -0.4 is 14.3 Å². The van der Waals surface area contributed by atoms with Crippen molar-refractivity contribution in [3.63, 3.8) is 0 Å². The van der Waals surface area contributed by atoms with Gasteiger partial charge < -0.3 is 14.4 Å². The first-order chi connectivity index (χ1) is 15.3. The molecular formula is C20H20ClN3O6S2.